The fourth-order valence-electron chi connectivity index (χ4n) is 3.01. The number of urea groups is 1. The van der Waals surface area contributed by atoms with Gasteiger partial charge in [0.05, 0.1) is 30.4 Å². The zero-order valence-electron chi connectivity index (χ0n) is 12.4. The van der Waals surface area contributed by atoms with Gasteiger partial charge < -0.3 is 10.2 Å². The quantitative estimate of drug-likeness (QED) is 0.814. The van der Waals surface area contributed by atoms with Crippen LogP contribution in [0.15, 0.2) is 18.5 Å². The minimum atomic E-state index is -1.56. The molecule has 3 atom stereocenters. The summed E-state index contributed by atoms with van der Waals surface area (Å²) in [5.74, 6) is -1.15. The Hall–Kier alpha value is -2.78. The van der Waals surface area contributed by atoms with E-state index in [0.717, 1.165) is 0 Å². The number of hydrogen-bond acceptors (Lipinski definition) is 5. The van der Waals surface area contributed by atoms with Gasteiger partial charge in [-0.25, -0.2) is 23.1 Å². The van der Waals surface area contributed by atoms with Crippen molar-refractivity contribution in [3.63, 3.8) is 0 Å². The molecule has 8 nitrogen and oxygen atoms in total. The second-order valence-corrected chi connectivity index (χ2v) is 5.84. The molecule has 2 aromatic heterocycles. The lowest BCUT2D eigenvalue weighted by Crippen LogP contribution is -2.51. The highest BCUT2D eigenvalue weighted by atomic mass is 19.2. The third-order valence-corrected chi connectivity index (χ3v) is 4.26. The molecule has 126 valence electrons. The Kier molecular flexibility index (Phi) is 3.32. The molecule has 0 aromatic carbocycles. The molecule has 24 heavy (non-hydrogen) atoms. The Balaban J connectivity index is 1.75. The molecular weight excluding hydrogens is 322 g/mol. The summed E-state index contributed by atoms with van der Waals surface area (Å²) in [4.78, 5) is 29.0. The number of nitrogens with one attached hydrogen (secondary N) is 2. The van der Waals surface area contributed by atoms with E-state index in [0.29, 0.717) is 17.0 Å². The minimum Gasteiger partial charge on any atom is -0.362 e. The number of halogens is 2. The maximum atomic E-state index is 13.6. The number of imidazole rings is 1. The smallest absolute Gasteiger partial charge is 0.321 e. The van der Waals surface area contributed by atoms with E-state index in [1.165, 1.54) is 10.7 Å². The van der Waals surface area contributed by atoms with Gasteiger partial charge in [-0.05, 0) is 6.07 Å². The summed E-state index contributed by atoms with van der Waals surface area (Å²) in [5, 5.41) is 9.05. The Morgan fingerprint density at radius 2 is 1.96 bits per heavy atom. The molecule has 2 aliphatic rings. The molecule has 0 spiro atoms. The molecule has 10 heteroatoms. The molecule has 0 bridgehead atoms. The van der Waals surface area contributed by atoms with Crippen molar-refractivity contribution in [3.8, 4) is 0 Å². The molecule has 0 aliphatic carbocycles. The predicted octanol–water partition coefficient (Wildman–Crippen LogP) is 0.148. The van der Waals surface area contributed by atoms with Gasteiger partial charge in [-0.3, -0.25) is 10.1 Å². The third-order valence-electron chi connectivity index (χ3n) is 4.26. The van der Waals surface area contributed by atoms with E-state index in [4.69, 9.17) is 0 Å². The van der Waals surface area contributed by atoms with E-state index in [9.17, 15) is 18.4 Å². The van der Waals surface area contributed by atoms with Crippen LogP contribution in [0.2, 0.25) is 0 Å². The number of amides is 3. The van der Waals surface area contributed by atoms with Crippen molar-refractivity contribution < 1.29 is 18.4 Å². The molecule has 3 amide bonds. The number of carbonyl (C=O) groups is 2. The van der Waals surface area contributed by atoms with E-state index >= 15 is 0 Å². The maximum Gasteiger partial charge on any atom is 0.321 e. The number of carbonyl (C=O) groups excluding carboxylic acids is 2. The summed E-state index contributed by atoms with van der Waals surface area (Å²) in [6, 6.07) is 1.05. The Bertz CT molecular complexity index is 815. The zero-order chi connectivity index (χ0) is 16.8. The molecule has 2 fully saturated rings. The Morgan fingerprint density at radius 3 is 2.67 bits per heavy atom. The van der Waals surface area contributed by atoms with Gasteiger partial charge in [0.25, 0.3) is 0 Å². The van der Waals surface area contributed by atoms with Gasteiger partial charge in [0.2, 0.25) is 5.91 Å². The summed E-state index contributed by atoms with van der Waals surface area (Å²) in [6.07, 6.45) is -0.00552. The summed E-state index contributed by atoms with van der Waals surface area (Å²) < 4.78 is 28.6. The molecule has 4 heterocycles. The highest BCUT2D eigenvalue weighted by Gasteiger charge is 2.35. The lowest BCUT2D eigenvalue weighted by Gasteiger charge is -2.24. The largest absolute Gasteiger partial charge is 0.362 e. The van der Waals surface area contributed by atoms with E-state index in [1.54, 1.807) is 17.2 Å². The van der Waals surface area contributed by atoms with Crippen LogP contribution in [0.4, 0.5) is 19.3 Å². The number of fused-ring (bicyclic) bond motifs is 1. The summed E-state index contributed by atoms with van der Waals surface area (Å²) >= 11 is 0. The highest BCUT2D eigenvalue weighted by Crippen LogP contribution is 2.29. The third kappa shape index (κ3) is 2.34. The number of aromatic nitrogens is 3. The number of rotatable bonds is 2. The minimum absolute atomic E-state index is 0.0826. The number of hydrogen-bond donors (Lipinski definition) is 2. The normalized spacial score (nSPS) is 27.4. The van der Waals surface area contributed by atoms with Crippen LogP contribution in [0.1, 0.15) is 11.6 Å². The summed E-state index contributed by atoms with van der Waals surface area (Å²) in [5.41, 5.74) is 1.36. The molecule has 2 aliphatic heterocycles. The summed E-state index contributed by atoms with van der Waals surface area (Å²) in [7, 11) is 0. The molecule has 2 aromatic rings. The molecule has 1 unspecified atom stereocenters. The Labute approximate surface area is 134 Å². The van der Waals surface area contributed by atoms with Crippen molar-refractivity contribution in [3.05, 3.63) is 24.2 Å². The molecule has 0 radical (unpaired) electrons. The van der Waals surface area contributed by atoms with Crippen molar-refractivity contribution in [1.29, 1.82) is 0 Å². The second-order valence-electron chi connectivity index (χ2n) is 5.84. The summed E-state index contributed by atoms with van der Waals surface area (Å²) in [6.45, 7) is -0.0593. The van der Waals surface area contributed by atoms with E-state index in [1.807, 2.05) is 0 Å². The van der Waals surface area contributed by atoms with Crippen LogP contribution in [0.5, 0.6) is 0 Å². The van der Waals surface area contributed by atoms with Crippen molar-refractivity contribution in [1.82, 2.24) is 25.2 Å². The van der Waals surface area contributed by atoms with Gasteiger partial charge in [0, 0.05) is 18.9 Å². The van der Waals surface area contributed by atoms with Crippen LogP contribution in [0.3, 0.4) is 0 Å². The first-order valence-corrected chi connectivity index (χ1v) is 7.49. The molecule has 4 rings (SSSR count). The topological polar surface area (TPSA) is 91.6 Å². The fraction of sp³-hybridized carbons (Fsp3) is 0.429. The standard InChI is InChI=1S/C14H14F2N6O2/c15-8-5-21(6-9(8)16)11-3-10(20-22-2-1-17-12(11)22)7-4-18-14(24)19-13(7)23/h1-3,7-9H,4-6H2,(H2,18,19,23,24)/t7?,8-,9+. The maximum absolute atomic E-state index is 13.6. The first-order valence-electron chi connectivity index (χ1n) is 7.49. The van der Waals surface area contributed by atoms with Gasteiger partial charge in [-0.15, -0.1) is 0 Å². The lowest BCUT2D eigenvalue weighted by atomic mass is 10.0. The lowest BCUT2D eigenvalue weighted by molar-refractivity contribution is -0.122. The average Bonchev–Trinajstić information content (AvgIpc) is 3.13. The second kappa shape index (κ2) is 5.39. The fourth-order valence-corrected chi connectivity index (χ4v) is 3.01. The van der Waals surface area contributed by atoms with Crippen LogP contribution in [0, 0.1) is 0 Å². The number of imide groups is 1. The van der Waals surface area contributed by atoms with Crippen molar-refractivity contribution >= 4 is 23.3 Å². The highest BCUT2D eigenvalue weighted by molar-refractivity contribution is 6.00. The van der Waals surface area contributed by atoms with E-state index in [2.05, 4.69) is 20.7 Å². The average molecular weight is 336 g/mol. The van der Waals surface area contributed by atoms with Crippen LogP contribution in [-0.2, 0) is 4.79 Å². The van der Waals surface area contributed by atoms with Gasteiger partial charge in [0.1, 0.15) is 0 Å². The molecule has 0 saturated carbocycles. The molecule has 2 saturated heterocycles. The SMILES string of the molecule is O=C1NCC(c2cc(N3C[C@@H](F)[C@@H](F)C3)c3nccn3n2)C(=O)N1. The van der Waals surface area contributed by atoms with Crippen LogP contribution in [-0.4, -0.2) is 58.5 Å². The first-order chi connectivity index (χ1) is 11.5. The number of anilines is 1. The van der Waals surface area contributed by atoms with E-state index in [-0.39, 0.29) is 19.6 Å². The van der Waals surface area contributed by atoms with Crippen molar-refractivity contribution in [2.24, 2.45) is 0 Å². The van der Waals surface area contributed by atoms with Crippen molar-refractivity contribution in [2.45, 2.75) is 18.3 Å². The molecule has 2 N–H and O–H groups in total. The van der Waals surface area contributed by atoms with Gasteiger partial charge in [-0.1, -0.05) is 0 Å². The van der Waals surface area contributed by atoms with Crippen LogP contribution >= 0.6 is 0 Å². The monoisotopic (exact) mass is 336 g/mol. The molecular formula is C14H14F2N6O2. The van der Waals surface area contributed by atoms with E-state index < -0.39 is 30.2 Å². The van der Waals surface area contributed by atoms with Gasteiger partial charge in [0.15, 0.2) is 18.0 Å². The Morgan fingerprint density at radius 1 is 1.21 bits per heavy atom. The van der Waals surface area contributed by atoms with Gasteiger partial charge in [-0.2, -0.15) is 5.10 Å². The predicted molar refractivity (Wildman–Crippen MR) is 79.3 cm³/mol. The number of nitrogens with zero attached hydrogens (tertiary/aromatic N) is 4. The van der Waals surface area contributed by atoms with Crippen LogP contribution < -0.4 is 15.5 Å². The first kappa shape index (κ1) is 14.8. The van der Waals surface area contributed by atoms with Crippen molar-refractivity contribution in [2.75, 3.05) is 24.5 Å². The number of alkyl halides is 2. The van der Waals surface area contributed by atoms with Gasteiger partial charge >= 0.3 is 6.03 Å². The van der Waals surface area contributed by atoms with Crippen LogP contribution in [0.25, 0.3) is 5.65 Å². The zero-order valence-corrected chi connectivity index (χ0v) is 12.4.